The number of carbonyl (C=O) groups excluding carboxylic acids is 2. The third-order valence-electron chi connectivity index (χ3n) is 5.44. The summed E-state index contributed by atoms with van der Waals surface area (Å²) in [5.74, 6) is 1.37. The number of aryl methyl sites for hydroxylation is 1. The quantitative estimate of drug-likeness (QED) is 0.383. The fraction of sp³-hybridized carbons (Fsp3) is 0.320. The summed E-state index contributed by atoms with van der Waals surface area (Å²) in [5, 5.41) is 11.1. The molecule has 1 heterocycles. The summed E-state index contributed by atoms with van der Waals surface area (Å²) in [6.45, 7) is 0. The predicted molar refractivity (Wildman–Crippen MR) is 131 cm³/mol. The van der Waals surface area contributed by atoms with Gasteiger partial charge in [0.25, 0.3) is 0 Å². The number of anilines is 2. The number of ether oxygens (including phenoxy) is 1. The van der Waals surface area contributed by atoms with E-state index in [9.17, 15) is 9.59 Å². The predicted octanol–water partition coefficient (Wildman–Crippen LogP) is 5.96. The first-order valence-corrected chi connectivity index (χ1v) is 12.2. The Labute approximate surface area is 197 Å². The van der Waals surface area contributed by atoms with Crippen molar-refractivity contribution >= 4 is 34.1 Å². The van der Waals surface area contributed by atoms with Crippen molar-refractivity contribution in [1.82, 2.24) is 10.3 Å². The van der Waals surface area contributed by atoms with Crippen molar-refractivity contribution in [2.24, 2.45) is 0 Å². The first-order chi connectivity index (χ1) is 16.1. The molecule has 8 heteroatoms. The largest absolute Gasteiger partial charge is 0.457 e. The van der Waals surface area contributed by atoms with Gasteiger partial charge < -0.3 is 15.4 Å². The van der Waals surface area contributed by atoms with Crippen molar-refractivity contribution in [3.63, 3.8) is 0 Å². The molecule has 0 unspecified atom stereocenters. The van der Waals surface area contributed by atoms with Crippen LogP contribution in [0, 0.1) is 0 Å². The highest BCUT2D eigenvalue weighted by Crippen LogP contribution is 2.23. The summed E-state index contributed by atoms with van der Waals surface area (Å²) in [4.78, 5) is 28.9. The summed E-state index contributed by atoms with van der Waals surface area (Å²) in [5.41, 5.74) is 1.50. The third kappa shape index (κ3) is 7.32. The molecule has 3 amide bonds. The number of benzene rings is 2. The summed E-state index contributed by atoms with van der Waals surface area (Å²) in [7, 11) is 0. The Morgan fingerprint density at radius 2 is 1.67 bits per heavy atom. The second-order valence-corrected chi connectivity index (χ2v) is 8.92. The molecule has 0 aliphatic heterocycles. The summed E-state index contributed by atoms with van der Waals surface area (Å²) < 4.78 is 5.76. The zero-order chi connectivity index (χ0) is 22.9. The number of carbonyl (C=O) groups is 2. The summed E-state index contributed by atoms with van der Waals surface area (Å²) in [6.07, 6.45) is 6.46. The van der Waals surface area contributed by atoms with Crippen LogP contribution in [0.5, 0.6) is 11.5 Å². The molecule has 0 radical (unpaired) electrons. The standard InChI is InChI=1S/C25H28N4O3S/c30-23(26-19-11-14-22(15-12-19)32-21-9-5-2-6-10-21)16-13-20-17-33-25(28-20)29-24(31)27-18-7-3-1-4-8-18/h2,5-6,9-12,14-15,17-18H,1,3-4,7-8,13,16H2,(H,26,30)(H2,27,28,29,31). The lowest BCUT2D eigenvalue weighted by atomic mass is 9.96. The molecule has 0 spiro atoms. The maximum absolute atomic E-state index is 12.3. The van der Waals surface area contributed by atoms with Crippen LogP contribution >= 0.6 is 11.3 Å². The minimum absolute atomic E-state index is 0.0933. The summed E-state index contributed by atoms with van der Waals surface area (Å²) >= 11 is 1.37. The molecule has 172 valence electrons. The molecular formula is C25H28N4O3S. The topological polar surface area (TPSA) is 92.4 Å². The van der Waals surface area contributed by atoms with Crippen molar-refractivity contribution in [3.05, 3.63) is 65.7 Å². The smallest absolute Gasteiger partial charge is 0.321 e. The minimum Gasteiger partial charge on any atom is -0.457 e. The van der Waals surface area contributed by atoms with Gasteiger partial charge in [-0.2, -0.15) is 0 Å². The van der Waals surface area contributed by atoms with Gasteiger partial charge in [0, 0.05) is 23.5 Å². The van der Waals surface area contributed by atoms with E-state index < -0.39 is 0 Å². The number of para-hydroxylation sites is 1. The van der Waals surface area contributed by atoms with Crippen LogP contribution in [0.2, 0.25) is 0 Å². The maximum atomic E-state index is 12.3. The highest BCUT2D eigenvalue weighted by atomic mass is 32.1. The van der Waals surface area contributed by atoms with E-state index in [0.717, 1.165) is 24.3 Å². The first-order valence-electron chi connectivity index (χ1n) is 11.3. The van der Waals surface area contributed by atoms with Crippen LogP contribution in [0.15, 0.2) is 60.0 Å². The summed E-state index contributed by atoms with van der Waals surface area (Å²) in [6, 6.07) is 16.8. The van der Waals surface area contributed by atoms with Gasteiger partial charge in [-0.25, -0.2) is 9.78 Å². The van der Waals surface area contributed by atoms with Crippen molar-refractivity contribution < 1.29 is 14.3 Å². The number of nitrogens with one attached hydrogen (secondary N) is 3. The Balaban J connectivity index is 1.19. The van der Waals surface area contributed by atoms with E-state index >= 15 is 0 Å². The molecule has 1 aliphatic carbocycles. The number of hydrogen-bond acceptors (Lipinski definition) is 5. The molecule has 7 nitrogen and oxygen atoms in total. The molecule has 0 bridgehead atoms. The molecule has 3 aromatic rings. The van der Waals surface area contributed by atoms with Crippen molar-refractivity contribution in [3.8, 4) is 11.5 Å². The second-order valence-electron chi connectivity index (χ2n) is 8.07. The Bertz CT molecular complexity index is 1050. The number of urea groups is 1. The molecule has 1 fully saturated rings. The van der Waals surface area contributed by atoms with Crippen molar-refractivity contribution in [2.75, 3.05) is 10.6 Å². The molecule has 1 saturated carbocycles. The number of rotatable bonds is 8. The van der Waals surface area contributed by atoms with Crippen LogP contribution in [0.1, 0.15) is 44.2 Å². The van der Waals surface area contributed by atoms with E-state index in [1.807, 2.05) is 60.0 Å². The van der Waals surface area contributed by atoms with Crippen LogP contribution in [-0.2, 0) is 11.2 Å². The fourth-order valence-corrected chi connectivity index (χ4v) is 4.48. The van der Waals surface area contributed by atoms with Gasteiger partial charge in [0.05, 0.1) is 5.69 Å². The lowest BCUT2D eigenvalue weighted by molar-refractivity contribution is -0.116. The third-order valence-corrected chi connectivity index (χ3v) is 6.24. The van der Waals surface area contributed by atoms with Gasteiger partial charge in [0.1, 0.15) is 11.5 Å². The molecule has 33 heavy (non-hydrogen) atoms. The average Bonchev–Trinajstić information content (AvgIpc) is 3.27. The molecule has 0 atom stereocenters. The second kappa shape index (κ2) is 11.5. The van der Waals surface area contributed by atoms with Crippen LogP contribution < -0.4 is 20.7 Å². The SMILES string of the molecule is O=C(CCc1csc(NC(=O)NC2CCCCC2)n1)Nc1ccc(Oc2ccccc2)cc1. The Morgan fingerprint density at radius 3 is 2.42 bits per heavy atom. The van der Waals surface area contributed by atoms with E-state index in [0.29, 0.717) is 29.4 Å². The zero-order valence-electron chi connectivity index (χ0n) is 18.4. The van der Waals surface area contributed by atoms with Crippen LogP contribution in [0.4, 0.5) is 15.6 Å². The maximum Gasteiger partial charge on any atom is 0.321 e. The van der Waals surface area contributed by atoms with Gasteiger partial charge in [-0.05, 0) is 55.7 Å². The molecule has 0 saturated heterocycles. The number of amides is 3. The van der Waals surface area contributed by atoms with E-state index in [-0.39, 0.29) is 18.0 Å². The number of hydrogen-bond donors (Lipinski definition) is 3. The lowest BCUT2D eigenvalue weighted by Gasteiger charge is -2.22. The molecule has 1 aliphatic rings. The van der Waals surface area contributed by atoms with Gasteiger partial charge >= 0.3 is 6.03 Å². The Hall–Kier alpha value is -3.39. The molecule has 1 aromatic heterocycles. The monoisotopic (exact) mass is 464 g/mol. The highest BCUT2D eigenvalue weighted by Gasteiger charge is 2.16. The van der Waals surface area contributed by atoms with E-state index in [4.69, 9.17) is 4.74 Å². The van der Waals surface area contributed by atoms with E-state index in [1.165, 1.54) is 30.6 Å². The zero-order valence-corrected chi connectivity index (χ0v) is 19.2. The van der Waals surface area contributed by atoms with Gasteiger partial charge in [0.2, 0.25) is 5.91 Å². The Morgan fingerprint density at radius 1 is 0.939 bits per heavy atom. The first kappa shape index (κ1) is 22.8. The average molecular weight is 465 g/mol. The van der Waals surface area contributed by atoms with Gasteiger partial charge in [-0.1, -0.05) is 37.5 Å². The van der Waals surface area contributed by atoms with Crippen LogP contribution in [0.3, 0.4) is 0 Å². The minimum atomic E-state index is -0.208. The fourth-order valence-electron chi connectivity index (χ4n) is 3.74. The van der Waals surface area contributed by atoms with Gasteiger partial charge in [-0.3, -0.25) is 10.1 Å². The van der Waals surface area contributed by atoms with Crippen molar-refractivity contribution in [1.29, 1.82) is 0 Å². The molecule has 4 rings (SSSR count). The van der Waals surface area contributed by atoms with Gasteiger partial charge in [-0.15, -0.1) is 11.3 Å². The molecule has 3 N–H and O–H groups in total. The van der Waals surface area contributed by atoms with Crippen LogP contribution in [0.25, 0.3) is 0 Å². The lowest BCUT2D eigenvalue weighted by Crippen LogP contribution is -2.38. The van der Waals surface area contributed by atoms with Crippen molar-refractivity contribution in [2.45, 2.75) is 51.0 Å². The highest BCUT2D eigenvalue weighted by molar-refractivity contribution is 7.13. The molecular weight excluding hydrogens is 436 g/mol. The molecule has 2 aromatic carbocycles. The van der Waals surface area contributed by atoms with E-state index in [1.54, 1.807) is 0 Å². The van der Waals surface area contributed by atoms with Crippen LogP contribution in [-0.4, -0.2) is 23.0 Å². The Kier molecular flexibility index (Phi) is 7.92. The number of aromatic nitrogens is 1. The van der Waals surface area contributed by atoms with E-state index in [2.05, 4.69) is 20.9 Å². The normalized spacial score (nSPS) is 13.8. The number of nitrogens with zero attached hydrogens (tertiary/aromatic N) is 1. The number of thiazole rings is 1. The van der Waals surface area contributed by atoms with Gasteiger partial charge in [0.15, 0.2) is 5.13 Å².